The van der Waals surface area contributed by atoms with Crippen molar-refractivity contribution in [2.45, 2.75) is 72.4 Å². The fourth-order valence-electron chi connectivity index (χ4n) is 3.80. The SMILES string of the molecule is CC[C@H](C)N(Cc1ccc(N(CC)CC)cc1OS(=O)(=O)c1ccc(NC(C)=O)cc1)C(=O)C(C)C. The topological polar surface area (TPSA) is 96.0 Å². The van der Waals surface area contributed by atoms with Crippen LogP contribution in [0.5, 0.6) is 5.75 Å². The molecule has 8 nitrogen and oxygen atoms in total. The molecule has 0 aliphatic rings. The first kappa shape index (κ1) is 29.2. The van der Waals surface area contributed by atoms with Crippen LogP contribution in [0.15, 0.2) is 47.4 Å². The van der Waals surface area contributed by atoms with Gasteiger partial charge in [-0.25, -0.2) is 0 Å². The smallest absolute Gasteiger partial charge is 0.339 e. The van der Waals surface area contributed by atoms with Gasteiger partial charge in [-0.15, -0.1) is 0 Å². The molecule has 2 aromatic rings. The van der Waals surface area contributed by atoms with Gasteiger partial charge in [0, 0.05) is 61.5 Å². The minimum Gasteiger partial charge on any atom is -0.379 e. The molecule has 36 heavy (non-hydrogen) atoms. The maximum Gasteiger partial charge on any atom is 0.339 e. The Morgan fingerprint density at radius 2 is 1.58 bits per heavy atom. The summed E-state index contributed by atoms with van der Waals surface area (Å²) in [6, 6.07) is 11.3. The molecule has 2 rings (SSSR count). The van der Waals surface area contributed by atoms with Gasteiger partial charge >= 0.3 is 10.1 Å². The van der Waals surface area contributed by atoms with E-state index in [2.05, 4.69) is 10.2 Å². The largest absolute Gasteiger partial charge is 0.379 e. The lowest BCUT2D eigenvalue weighted by atomic mass is 10.1. The molecular formula is C27H39N3O5S. The maximum absolute atomic E-state index is 13.2. The number of nitrogens with one attached hydrogen (secondary N) is 1. The summed E-state index contributed by atoms with van der Waals surface area (Å²) in [5.41, 5.74) is 1.93. The molecule has 2 aromatic carbocycles. The number of benzene rings is 2. The van der Waals surface area contributed by atoms with Crippen molar-refractivity contribution in [3.05, 3.63) is 48.0 Å². The zero-order chi connectivity index (χ0) is 27.0. The van der Waals surface area contributed by atoms with E-state index >= 15 is 0 Å². The second-order valence-electron chi connectivity index (χ2n) is 9.09. The number of rotatable bonds is 12. The summed E-state index contributed by atoms with van der Waals surface area (Å²) in [6.07, 6.45) is 0.769. The third kappa shape index (κ3) is 7.46. The Kier molecular flexibility index (Phi) is 10.3. The average Bonchev–Trinajstić information content (AvgIpc) is 2.83. The molecule has 0 aromatic heterocycles. The number of carbonyl (C=O) groups is 2. The summed E-state index contributed by atoms with van der Waals surface area (Å²) in [7, 11) is -4.17. The Morgan fingerprint density at radius 1 is 0.972 bits per heavy atom. The van der Waals surface area contributed by atoms with Gasteiger partial charge in [0.2, 0.25) is 11.8 Å². The van der Waals surface area contributed by atoms with E-state index in [9.17, 15) is 18.0 Å². The molecule has 9 heteroatoms. The minimum absolute atomic E-state index is 0.000429. The highest BCUT2D eigenvalue weighted by Crippen LogP contribution is 2.31. The Hall–Kier alpha value is -3.07. The first-order valence-corrected chi connectivity index (χ1v) is 13.8. The number of hydrogen-bond acceptors (Lipinski definition) is 6. The van der Waals surface area contributed by atoms with Crippen LogP contribution in [0.1, 0.15) is 60.5 Å². The quantitative estimate of drug-likeness (QED) is 0.396. The highest BCUT2D eigenvalue weighted by atomic mass is 32.2. The van der Waals surface area contributed by atoms with Crippen molar-refractivity contribution in [1.82, 2.24) is 4.90 Å². The third-order valence-corrected chi connectivity index (χ3v) is 7.33. The number of hydrogen-bond donors (Lipinski definition) is 1. The molecule has 0 saturated heterocycles. The average molecular weight is 518 g/mol. The van der Waals surface area contributed by atoms with E-state index in [1.165, 1.54) is 31.2 Å². The van der Waals surface area contributed by atoms with Gasteiger partial charge in [-0.1, -0.05) is 26.8 Å². The molecule has 1 atom stereocenters. The Balaban J connectivity index is 2.51. The normalized spacial score (nSPS) is 12.2. The molecular weight excluding hydrogens is 478 g/mol. The van der Waals surface area contributed by atoms with Gasteiger partial charge in [-0.05, 0) is 57.5 Å². The lowest BCUT2D eigenvalue weighted by Crippen LogP contribution is -2.40. The van der Waals surface area contributed by atoms with Gasteiger partial charge in [-0.2, -0.15) is 8.42 Å². The van der Waals surface area contributed by atoms with E-state index in [-0.39, 0.29) is 41.0 Å². The zero-order valence-electron chi connectivity index (χ0n) is 22.4. The number of carbonyl (C=O) groups excluding carboxylic acids is 2. The lowest BCUT2D eigenvalue weighted by molar-refractivity contribution is -0.137. The van der Waals surface area contributed by atoms with E-state index in [0.717, 1.165) is 25.2 Å². The number of amides is 2. The number of anilines is 2. The molecule has 0 radical (unpaired) electrons. The van der Waals surface area contributed by atoms with Gasteiger partial charge < -0.3 is 19.3 Å². The second kappa shape index (κ2) is 12.8. The van der Waals surface area contributed by atoms with Gasteiger partial charge in [0.05, 0.1) is 0 Å². The van der Waals surface area contributed by atoms with E-state index < -0.39 is 10.1 Å². The van der Waals surface area contributed by atoms with E-state index in [1.54, 1.807) is 11.0 Å². The summed E-state index contributed by atoms with van der Waals surface area (Å²) >= 11 is 0. The van der Waals surface area contributed by atoms with E-state index in [1.807, 2.05) is 53.7 Å². The van der Waals surface area contributed by atoms with Crippen LogP contribution >= 0.6 is 0 Å². The molecule has 0 unspecified atom stereocenters. The van der Waals surface area contributed by atoms with Gasteiger partial charge in [-0.3, -0.25) is 9.59 Å². The van der Waals surface area contributed by atoms with Crippen molar-refractivity contribution in [3.63, 3.8) is 0 Å². The van der Waals surface area contributed by atoms with Crippen LogP contribution in [0.4, 0.5) is 11.4 Å². The van der Waals surface area contributed by atoms with Crippen molar-refractivity contribution in [2.75, 3.05) is 23.3 Å². The monoisotopic (exact) mass is 517 g/mol. The summed E-state index contributed by atoms with van der Waals surface area (Å²) in [5.74, 6) is -0.250. The third-order valence-electron chi connectivity index (χ3n) is 6.08. The standard InChI is InChI=1S/C27H39N3O5S/c1-8-20(6)30(27(32)19(4)5)18-22-11-14-24(29(9-2)10-3)17-26(22)35-36(33,34)25-15-12-23(13-16-25)28-21(7)31/h11-17,19-20H,8-10,18H2,1-7H3,(H,28,31)/t20-/m0/s1. The van der Waals surface area contributed by atoms with E-state index in [0.29, 0.717) is 11.3 Å². The van der Waals surface area contributed by atoms with E-state index in [4.69, 9.17) is 4.18 Å². The zero-order valence-corrected chi connectivity index (χ0v) is 23.2. The van der Waals surface area contributed by atoms with Crippen molar-refractivity contribution in [1.29, 1.82) is 0 Å². The maximum atomic E-state index is 13.2. The summed E-state index contributed by atoms with van der Waals surface area (Å²) < 4.78 is 32.1. The van der Waals surface area contributed by atoms with Crippen LogP contribution in [0.3, 0.4) is 0 Å². The molecule has 0 heterocycles. The summed E-state index contributed by atoms with van der Waals surface area (Å²) in [6.45, 7) is 14.9. The van der Waals surface area contributed by atoms with Crippen molar-refractivity contribution >= 4 is 33.3 Å². The van der Waals surface area contributed by atoms with Crippen molar-refractivity contribution in [2.24, 2.45) is 5.92 Å². The van der Waals surface area contributed by atoms with Gasteiger partial charge in [0.1, 0.15) is 10.6 Å². The molecule has 0 saturated carbocycles. The minimum atomic E-state index is -4.17. The van der Waals surface area contributed by atoms with Crippen LogP contribution in [0, 0.1) is 5.92 Å². The van der Waals surface area contributed by atoms with Crippen molar-refractivity contribution in [3.8, 4) is 5.75 Å². The van der Waals surface area contributed by atoms with Crippen molar-refractivity contribution < 1.29 is 22.2 Å². The molecule has 0 bridgehead atoms. The van der Waals surface area contributed by atoms with Crippen LogP contribution in [-0.4, -0.2) is 44.3 Å². The highest BCUT2D eigenvalue weighted by molar-refractivity contribution is 7.87. The van der Waals surface area contributed by atoms with Crippen LogP contribution in [0.2, 0.25) is 0 Å². The predicted octanol–water partition coefficient (Wildman–Crippen LogP) is 5.04. The summed E-state index contributed by atoms with van der Waals surface area (Å²) in [4.78, 5) is 28.1. The molecule has 0 fully saturated rings. The Bertz CT molecular complexity index is 1140. The highest BCUT2D eigenvalue weighted by Gasteiger charge is 2.25. The number of nitrogens with zero attached hydrogens (tertiary/aromatic N) is 2. The Morgan fingerprint density at radius 3 is 2.08 bits per heavy atom. The molecule has 0 aliphatic carbocycles. The Labute approximate surface area is 215 Å². The van der Waals surface area contributed by atoms with Gasteiger partial charge in [0.15, 0.2) is 0 Å². The van der Waals surface area contributed by atoms with Gasteiger partial charge in [0.25, 0.3) is 0 Å². The lowest BCUT2D eigenvalue weighted by Gasteiger charge is -2.31. The first-order valence-electron chi connectivity index (χ1n) is 12.4. The van der Waals surface area contributed by atoms with Crippen LogP contribution < -0.4 is 14.4 Å². The molecule has 198 valence electrons. The second-order valence-corrected chi connectivity index (χ2v) is 10.6. The fourth-order valence-corrected chi connectivity index (χ4v) is 4.76. The molecule has 0 aliphatic heterocycles. The van der Waals surface area contributed by atoms with Crippen LogP contribution in [-0.2, 0) is 26.3 Å². The fraction of sp³-hybridized carbons (Fsp3) is 0.481. The molecule has 0 spiro atoms. The molecule has 2 amide bonds. The first-order chi connectivity index (χ1) is 16.9. The molecule has 1 N–H and O–H groups in total. The summed E-state index contributed by atoms with van der Waals surface area (Å²) in [5, 5.41) is 2.61. The predicted molar refractivity (Wildman–Crippen MR) is 144 cm³/mol. The van der Waals surface area contributed by atoms with Crippen LogP contribution in [0.25, 0.3) is 0 Å².